The lowest BCUT2D eigenvalue weighted by atomic mass is 9.94. The largest absolute Gasteiger partial charge is 0.480 e. The molecule has 0 bridgehead atoms. The highest BCUT2D eigenvalue weighted by Crippen LogP contribution is 2.38. The van der Waals surface area contributed by atoms with E-state index < -0.39 is 17.6 Å². The van der Waals surface area contributed by atoms with Crippen LogP contribution in [0.5, 0.6) is 0 Å². The monoisotopic (exact) mass is 171 g/mol. The van der Waals surface area contributed by atoms with Crippen LogP contribution in [0.4, 0.5) is 0 Å². The molecule has 0 aromatic heterocycles. The molecular weight excluding hydrogens is 158 g/mol. The molecule has 0 aromatic rings. The smallest absolute Gasteiger partial charge is 0.324 e. The van der Waals surface area contributed by atoms with Crippen LogP contribution in [0.2, 0.25) is 0 Å². The van der Waals surface area contributed by atoms with Gasteiger partial charge in [0.1, 0.15) is 5.54 Å². The molecule has 12 heavy (non-hydrogen) atoms. The molecule has 0 amide bonds. The summed E-state index contributed by atoms with van der Waals surface area (Å²) in [7, 11) is 0. The van der Waals surface area contributed by atoms with Crippen LogP contribution in [0, 0.1) is 0 Å². The first-order valence-electron chi connectivity index (χ1n) is 4.32. The Morgan fingerprint density at radius 3 is 2.92 bits per heavy atom. The molecule has 2 fully saturated rings. The van der Waals surface area contributed by atoms with E-state index in [1.165, 1.54) is 0 Å². The summed E-state index contributed by atoms with van der Waals surface area (Å²) in [5.74, 6) is -0.767. The number of aliphatic hydroxyl groups excluding tert-OH is 1. The summed E-state index contributed by atoms with van der Waals surface area (Å²) in [6.07, 6.45) is 1.60. The number of aliphatic carboxylic acids is 1. The van der Waals surface area contributed by atoms with Crippen LogP contribution in [0.25, 0.3) is 0 Å². The molecule has 2 aliphatic heterocycles. The molecule has 4 heteroatoms. The Morgan fingerprint density at radius 2 is 2.33 bits per heavy atom. The first-order valence-corrected chi connectivity index (χ1v) is 4.32. The lowest BCUT2D eigenvalue weighted by Crippen LogP contribution is -2.45. The minimum atomic E-state index is -0.767. The predicted octanol–water partition coefficient (Wildman–Crippen LogP) is -0.330. The van der Waals surface area contributed by atoms with Crippen LogP contribution in [-0.2, 0) is 4.79 Å². The third-order valence-corrected chi connectivity index (χ3v) is 3.03. The number of carboxylic acids is 1. The summed E-state index contributed by atoms with van der Waals surface area (Å²) in [4.78, 5) is 12.9. The number of aliphatic hydroxyl groups is 1. The maximum atomic E-state index is 11.0. The van der Waals surface area contributed by atoms with E-state index in [1.807, 2.05) is 4.90 Å². The molecule has 4 nitrogen and oxygen atoms in total. The van der Waals surface area contributed by atoms with Crippen molar-refractivity contribution in [1.82, 2.24) is 4.90 Å². The molecule has 2 rings (SSSR count). The standard InChI is InChI=1S/C8H13NO3/c10-6-4-8(7(11)12)2-1-3-9(8)5-6/h6,10H,1-5H2,(H,11,12). The molecule has 0 spiro atoms. The molecule has 0 saturated carbocycles. The summed E-state index contributed by atoms with van der Waals surface area (Å²) in [6.45, 7) is 1.36. The van der Waals surface area contributed by atoms with Gasteiger partial charge in [-0.05, 0) is 19.4 Å². The fourth-order valence-corrected chi connectivity index (χ4v) is 2.47. The van der Waals surface area contributed by atoms with Gasteiger partial charge in [-0.1, -0.05) is 0 Å². The lowest BCUT2D eigenvalue weighted by molar-refractivity contribution is -0.148. The Kier molecular flexibility index (Phi) is 1.63. The maximum absolute atomic E-state index is 11.0. The maximum Gasteiger partial charge on any atom is 0.324 e. The number of nitrogens with zero attached hydrogens (tertiary/aromatic N) is 1. The van der Waals surface area contributed by atoms with Gasteiger partial charge in [0, 0.05) is 13.0 Å². The zero-order valence-electron chi connectivity index (χ0n) is 6.86. The van der Waals surface area contributed by atoms with Gasteiger partial charge in [0.25, 0.3) is 0 Å². The predicted molar refractivity (Wildman–Crippen MR) is 41.8 cm³/mol. The van der Waals surface area contributed by atoms with Crippen molar-refractivity contribution >= 4 is 5.97 Å². The van der Waals surface area contributed by atoms with Crippen LogP contribution < -0.4 is 0 Å². The second kappa shape index (κ2) is 2.44. The second-order valence-electron chi connectivity index (χ2n) is 3.74. The minimum Gasteiger partial charge on any atom is -0.480 e. The fourth-order valence-electron chi connectivity index (χ4n) is 2.47. The number of carbonyl (C=O) groups is 1. The van der Waals surface area contributed by atoms with E-state index >= 15 is 0 Å². The number of carboxylic acid groups (broad SMARTS) is 1. The molecule has 2 saturated heterocycles. The van der Waals surface area contributed by atoms with Crippen molar-refractivity contribution < 1.29 is 15.0 Å². The topological polar surface area (TPSA) is 60.8 Å². The average Bonchev–Trinajstić information content (AvgIpc) is 2.42. The van der Waals surface area contributed by atoms with Gasteiger partial charge in [-0.2, -0.15) is 0 Å². The van der Waals surface area contributed by atoms with E-state index in [0.29, 0.717) is 19.4 Å². The van der Waals surface area contributed by atoms with Crippen LogP contribution in [0.1, 0.15) is 19.3 Å². The highest BCUT2D eigenvalue weighted by molar-refractivity contribution is 5.79. The molecule has 2 atom stereocenters. The number of hydrogen-bond acceptors (Lipinski definition) is 3. The van der Waals surface area contributed by atoms with Gasteiger partial charge in [0.05, 0.1) is 6.10 Å². The zero-order valence-corrected chi connectivity index (χ0v) is 6.86. The fraction of sp³-hybridized carbons (Fsp3) is 0.875. The van der Waals surface area contributed by atoms with Crippen molar-refractivity contribution in [2.45, 2.75) is 30.9 Å². The van der Waals surface area contributed by atoms with Crippen molar-refractivity contribution in [3.05, 3.63) is 0 Å². The van der Waals surface area contributed by atoms with Crippen LogP contribution >= 0.6 is 0 Å². The van der Waals surface area contributed by atoms with Crippen LogP contribution in [-0.4, -0.2) is 45.8 Å². The van der Waals surface area contributed by atoms with Gasteiger partial charge in [-0.3, -0.25) is 9.69 Å². The number of β-amino-alcohol motifs (C(OH)–C–C–N with tert-alkyl or cyclic N) is 1. The normalized spacial score (nSPS) is 41.6. The number of rotatable bonds is 1. The summed E-state index contributed by atoms with van der Waals surface area (Å²) in [5, 5.41) is 18.4. The van der Waals surface area contributed by atoms with Crippen LogP contribution in [0.15, 0.2) is 0 Å². The van der Waals surface area contributed by atoms with E-state index in [0.717, 1.165) is 13.0 Å². The molecule has 2 aliphatic rings. The van der Waals surface area contributed by atoms with E-state index in [-0.39, 0.29) is 0 Å². The molecule has 68 valence electrons. The Labute approximate surface area is 70.8 Å². The van der Waals surface area contributed by atoms with E-state index in [4.69, 9.17) is 5.11 Å². The number of hydrogen-bond donors (Lipinski definition) is 2. The van der Waals surface area contributed by atoms with Crippen molar-refractivity contribution in [2.24, 2.45) is 0 Å². The Morgan fingerprint density at radius 1 is 1.58 bits per heavy atom. The summed E-state index contributed by atoms with van der Waals surface area (Å²) in [6, 6.07) is 0. The highest BCUT2D eigenvalue weighted by Gasteiger charge is 2.53. The summed E-state index contributed by atoms with van der Waals surface area (Å²) >= 11 is 0. The van der Waals surface area contributed by atoms with Gasteiger partial charge >= 0.3 is 5.97 Å². The van der Waals surface area contributed by atoms with Crippen molar-refractivity contribution in [3.63, 3.8) is 0 Å². The first kappa shape index (κ1) is 8.01. The number of fused-ring (bicyclic) bond motifs is 1. The summed E-state index contributed by atoms with van der Waals surface area (Å²) < 4.78 is 0. The van der Waals surface area contributed by atoms with Crippen LogP contribution in [0.3, 0.4) is 0 Å². The SMILES string of the molecule is O=C(O)C12CCCN1CC(O)C2. The van der Waals surface area contributed by atoms with E-state index in [9.17, 15) is 9.90 Å². The van der Waals surface area contributed by atoms with Gasteiger partial charge in [0.15, 0.2) is 0 Å². The molecule has 0 aliphatic carbocycles. The molecule has 2 N–H and O–H groups in total. The molecular formula is C8H13NO3. The Bertz CT molecular complexity index is 218. The summed E-state index contributed by atoms with van der Waals surface area (Å²) in [5.41, 5.74) is -0.723. The van der Waals surface area contributed by atoms with E-state index in [1.54, 1.807) is 0 Å². The first-order chi connectivity index (χ1) is 5.65. The minimum absolute atomic E-state index is 0.405. The van der Waals surface area contributed by atoms with Gasteiger partial charge < -0.3 is 10.2 Å². The molecule has 2 unspecified atom stereocenters. The Hall–Kier alpha value is -0.610. The quantitative estimate of drug-likeness (QED) is 0.567. The molecule has 0 aromatic carbocycles. The van der Waals surface area contributed by atoms with Gasteiger partial charge in [-0.25, -0.2) is 0 Å². The highest BCUT2D eigenvalue weighted by atomic mass is 16.4. The molecule has 2 heterocycles. The zero-order chi connectivity index (χ0) is 8.77. The van der Waals surface area contributed by atoms with Crippen molar-refractivity contribution in [2.75, 3.05) is 13.1 Å². The van der Waals surface area contributed by atoms with Gasteiger partial charge in [0.2, 0.25) is 0 Å². The Balaban J connectivity index is 2.26. The molecule has 0 radical (unpaired) electrons. The lowest BCUT2D eigenvalue weighted by Gasteiger charge is -2.26. The third-order valence-electron chi connectivity index (χ3n) is 3.03. The van der Waals surface area contributed by atoms with Crippen molar-refractivity contribution in [1.29, 1.82) is 0 Å². The average molecular weight is 171 g/mol. The van der Waals surface area contributed by atoms with Gasteiger partial charge in [-0.15, -0.1) is 0 Å². The van der Waals surface area contributed by atoms with E-state index in [2.05, 4.69) is 0 Å². The van der Waals surface area contributed by atoms with Crippen molar-refractivity contribution in [3.8, 4) is 0 Å². The second-order valence-corrected chi connectivity index (χ2v) is 3.74. The third kappa shape index (κ3) is 0.881.